The van der Waals surface area contributed by atoms with E-state index in [9.17, 15) is 29.1 Å². The molecule has 1 heterocycles. The second kappa shape index (κ2) is 21.4. The molecule has 0 radical (unpaired) electrons. The minimum absolute atomic E-state index is 0.0190. The second-order valence-corrected chi connectivity index (χ2v) is 15.4. The average molecular weight is 746 g/mol. The van der Waals surface area contributed by atoms with Crippen LogP contribution in [0, 0.1) is 23.7 Å². The molecule has 2 rings (SSSR count). The van der Waals surface area contributed by atoms with Crippen LogP contribution in [0.3, 0.4) is 0 Å². The van der Waals surface area contributed by atoms with E-state index in [0.29, 0.717) is 19.3 Å². The smallest absolute Gasteiger partial charge is 0.326 e. The van der Waals surface area contributed by atoms with Gasteiger partial charge < -0.3 is 40.3 Å². The highest BCUT2D eigenvalue weighted by atomic mass is 16.5. The number of amides is 4. The van der Waals surface area contributed by atoms with Crippen molar-refractivity contribution < 1.29 is 38.6 Å². The Morgan fingerprint density at radius 2 is 1.51 bits per heavy atom. The molecule has 0 aliphatic carbocycles. The number of carboxylic acid groups (broad SMARTS) is 1. The molecule has 1 aliphatic heterocycles. The molecule has 0 bridgehead atoms. The molecule has 4 amide bonds. The fourth-order valence-corrected chi connectivity index (χ4v) is 7.72. The number of rotatable bonds is 21. The number of nitrogens with zero attached hydrogens (tertiary/aromatic N) is 2. The van der Waals surface area contributed by atoms with E-state index in [2.05, 4.69) is 16.0 Å². The van der Waals surface area contributed by atoms with Gasteiger partial charge in [0.05, 0.1) is 42.7 Å². The van der Waals surface area contributed by atoms with Gasteiger partial charge in [-0.3, -0.25) is 19.2 Å². The molecule has 1 aromatic carbocycles. The topological polar surface area (TPSA) is 167 Å². The summed E-state index contributed by atoms with van der Waals surface area (Å²) in [5, 5.41) is 18.6. The molecule has 0 saturated carbocycles. The Bertz CT molecular complexity index is 1340. The normalized spacial score (nSPS) is 20.5. The van der Waals surface area contributed by atoms with Gasteiger partial charge in [0.2, 0.25) is 23.6 Å². The van der Waals surface area contributed by atoms with E-state index in [0.717, 1.165) is 5.56 Å². The number of ether oxygens (including phenoxy) is 2. The third-order valence-electron chi connectivity index (χ3n) is 11.0. The van der Waals surface area contributed by atoms with Crippen molar-refractivity contribution in [3.63, 3.8) is 0 Å². The van der Waals surface area contributed by atoms with Gasteiger partial charge in [-0.05, 0) is 50.1 Å². The van der Waals surface area contributed by atoms with Crippen LogP contribution >= 0.6 is 0 Å². The fourth-order valence-electron chi connectivity index (χ4n) is 7.72. The molecular formula is C40H67N5O8. The Morgan fingerprint density at radius 1 is 0.906 bits per heavy atom. The van der Waals surface area contributed by atoms with Crippen molar-refractivity contribution in [1.29, 1.82) is 0 Å². The number of hydrogen-bond acceptors (Lipinski definition) is 8. The lowest BCUT2D eigenvalue weighted by Crippen LogP contribution is -2.59. The Morgan fingerprint density at radius 3 is 2.00 bits per heavy atom. The summed E-state index contributed by atoms with van der Waals surface area (Å²) >= 11 is 0. The van der Waals surface area contributed by atoms with Gasteiger partial charge in [-0.2, -0.15) is 0 Å². The van der Waals surface area contributed by atoms with Gasteiger partial charge in [0, 0.05) is 33.7 Å². The standard InChI is InChI=1S/C40H67N5O8/c1-13-25(6)35(44(10)39(49)34(24(4)5)43-38(48)33(41-9)23(2)3)31(52-11)22-32(46)45-26(7)19-20-30(45)36(53-12)27(8)37(47)42-29(40(50)51)21-28-17-15-14-16-18-28/h14-18,23-27,29-31,33-36,41H,13,19-22H2,1-12H3,(H,42,47)(H,43,48)(H,50,51)/t25-,26-,27+,29-,30-,31?,33?,34-,35?,36?/m0/s1. The van der Waals surface area contributed by atoms with Gasteiger partial charge in [0.25, 0.3) is 0 Å². The van der Waals surface area contributed by atoms with Gasteiger partial charge in [0.15, 0.2) is 0 Å². The highest BCUT2D eigenvalue weighted by Crippen LogP contribution is 2.33. The number of benzene rings is 1. The van der Waals surface area contributed by atoms with Gasteiger partial charge >= 0.3 is 5.97 Å². The molecule has 13 nitrogen and oxygen atoms in total. The van der Waals surface area contributed by atoms with Gasteiger partial charge in [-0.1, -0.05) is 85.2 Å². The number of nitrogens with one attached hydrogen (secondary N) is 3. The van der Waals surface area contributed by atoms with E-state index >= 15 is 0 Å². The molecule has 10 atom stereocenters. The summed E-state index contributed by atoms with van der Waals surface area (Å²) < 4.78 is 11.9. The Kier molecular flexibility index (Phi) is 18.4. The molecular weight excluding hydrogens is 678 g/mol. The maximum atomic E-state index is 14.3. The summed E-state index contributed by atoms with van der Waals surface area (Å²) in [4.78, 5) is 70.8. The first kappa shape index (κ1) is 45.6. The number of hydrogen-bond donors (Lipinski definition) is 4. The van der Waals surface area contributed by atoms with Crippen LogP contribution < -0.4 is 16.0 Å². The zero-order valence-electron chi connectivity index (χ0n) is 34.0. The SMILES string of the molecule is CC[C@H](C)C(C(CC(=O)N1[C@@H](C)CC[C@H]1C(OC)[C@@H](C)C(=O)N[C@@H](Cc1ccccc1)C(=O)O)OC)N(C)C(=O)[C@@H](NC(=O)C(NC)C(C)C)C(C)C. The summed E-state index contributed by atoms with van der Waals surface area (Å²) in [5.41, 5.74) is 0.784. The van der Waals surface area contributed by atoms with Crippen LogP contribution in [0.15, 0.2) is 30.3 Å². The van der Waals surface area contributed by atoms with E-state index in [1.165, 1.54) is 14.2 Å². The first-order valence-electron chi connectivity index (χ1n) is 19.1. The number of likely N-dealkylation sites (tertiary alicyclic amines) is 1. The third kappa shape index (κ3) is 12.0. The lowest BCUT2D eigenvalue weighted by Gasteiger charge is -2.41. The van der Waals surface area contributed by atoms with E-state index in [1.807, 2.05) is 78.8 Å². The van der Waals surface area contributed by atoms with Crippen LogP contribution in [-0.2, 0) is 39.9 Å². The molecule has 4 unspecified atom stereocenters. The van der Waals surface area contributed by atoms with Crippen LogP contribution in [0.4, 0.5) is 0 Å². The van der Waals surface area contributed by atoms with Crippen LogP contribution in [-0.4, -0.2) is 121 Å². The third-order valence-corrected chi connectivity index (χ3v) is 11.0. The highest BCUT2D eigenvalue weighted by molar-refractivity contribution is 5.90. The molecule has 4 N–H and O–H groups in total. The van der Waals surface area contributed by atoms with E-state index in [-0.39, 0.29) is 54.4 Å². The highest BCUT2D eigenvalue weighted by Gasteiger charge is 2.45. The second-order valence-electron chi connectivity index (χ2n) is 15.4. The average Bonchev–Trinajstić information content (AvgIpc) is 3.50. The minimum atomic E-state index is -1.14. The number of carbonyl (C=O) groups is 5. The number of carboxylic acids is 1. The molecule has 0 aromatic heterocycles. The number of aliphatic carboxylic acids is 1. The van der Waals surface area contributed by atoms with Crippen molar-refractivity contribution in [2.75, 3.05) is 28.3 Å². The molecule has 0 spiro atoms. The lowest BCUT2D eigenvalue weighted by atomic mass is 9.89. The molecule has 1 aliphatic rings. The van der Waals surface area contributed by atoms with E-state index < -0.39 is 60.2 Å². The summed E-state index contributed by atoms with van der Waals surface area (Å²) in [5.74, 6) is -3.30. The molecule has 300 valence electrons. The van der Waals surface area contributed by atoms with Crippen molar-refractivity contribution in [2.45, 2.75) is 136 Å². The van der Waals surface area contributed by atoms with Crippen molar-refractivity contribution >= 4 is 29.6 Å². The predicted molar refractivity (Wildman–Crippen MR) is 205 cm³/mol. The fraction of sp³-hybridized carbons (Fsp3) is 0.725. The monoisotopic (exact) mass is 745 g/mol. The molecule has 1 fully saturated rings. The van der Waals surface area contributed by atoms with Gasteiger partial charge in [0.1, 0.15) is 12.1 Å². The summed E-state index contributed by atoms with van der Waals surface area (Å²) in [6.45, 7) is 15.4. The molecule has 53 heavy (non-hydrogen) atoms. The quantitative estimate of drug-likeness (QED) is 0.147. The molecule has 1 aromatic rings. The minimum Gasteiger partial charge on any atom is -0.480 e. The summed E-state index contributed by atoms with van der Waals surface area (Å²) in [6, 6.07) is 5.65. The summed E-state index contributed by atoms with van der Waals surface area (Å²) in [7, 11) is 6.47. The number of likely N-dealkylation sites (N-methyl/N-ethyl adjacent to an activating group) is 2. The van der Waals surface area contributed by atoms with Crippen molar-refractivity contribution in [3.05, 3.63) is 35.9 Å². The lowest BCUT2D eigenvalue weighted by molar-refractivity contribution is -0.149. The number of carbonyl (C=O) groups excluding carboxylic acids is 4. The first-order valence-corrected chi connectivity index (χ1v) is 19.1. The zero-order chi connectivity index (χ0) is 40.2. The van der Waals surface area contributed by atoms with E-state index in [1.54, 1.807) is 30.8 Å². The van der Waals surface area contributed by atoms with Crippen molar-refractivity contribution in [3.8, 4) is 0 Å². The maximum absolute atomic E-state index is 14.3. The Hall–Kier alpha value is -3.55. The zero-order valence-corrected chi connectivity index (χ0v) is 34.0. The van der Waals surface area contributed by atoms with Gasteiger partial charge in [-0.15, -0.1) is 0 Å². The van der Waals surface area contributed by atoms with Gasteiger partial charge in [-0.25, -0.2) is 4.79 Å². The first-order chi connectivity index (χ1) is 24.9. The summed E-state index contributed by atoms with van der Waals surface area (Å²) in [6.07, 6.45) is 0.748. The van der Waals surface area contributed by atoms with Crippen LogP contribution in [0.5, 0.6) is 0 Å². The van der Waals surface area contributed by atoms with Crippen LogP contribution in [0.2, 0.25) is 0 Å². The molecule has 13 heteroatoms. The van der Waals surface area contributed by atoms with Crippen molar-refractivity contribution in [1.82, 2.24) is 25.8 Å². The molecule has 1 saturated heterocycles. The van der Waals surface area contributed by atoms with Crippen LogP contribution in [0.1, 0.15) is 86.6 Å². The largest absolute Gasteiger partial charge is 0.480 e. The Balaban J connectivity index is 2.31. The predicted octanol–water partition coefficient (Wildman–Crippen LogP) is 3.49. The number of methoxy groups -OCH3 is 2. The maximum Gasteiger partial charge on any atom is 0.326 e. The van der Waals surface area contributed by atoms with E-state index in [4.69, 9.17) is 9.47 Å². The van der Waals surface area contributed by atoms with Crippen LogP contribution in [0.25, 0.3) is 0 Å². The Labute approximate surface area is 317 Å². The van der Waals surface area contributed by atoms with Crippen molar-refractivity contribution in [2.24, 2.45) is 23.7 Å².